The number of ether oxygens (including phenoxy) is 1. The molecule has 0 unspecified atom stereocenters. The molecule has 0 bridgehead atoms. The fourth-order valence-electron chi connectivity index (χ4n) is 1.78. The molecule has 19 heavy (non-hydrogen) atoms. The summed E-state index contributed by atoms with van der Waals surface area (Å²) in [6.07, 6.45) is 5.13. The molecular weight excluding hydrogens is 244 g/mol. The van der Waals surface area contributed by atoms with E-state index in [0.29, 0.717) is 6.61 Å². The molecule has 1 aliphatic heterocycles. The molecule has 0 radical (unpaired) electrons. The molecule has 0 aliphatic carbocycles. The number of rotatable bonds is 5. The fourth-order valence-corrected chi connectivity index (χ4v) is 1.78. The summed E-state index contributed by atoms with van der Waals surface area (Å²) >= 11 is 0. The molecule has 1 aliphatic rings. The molecule has 0 N–H and O–H groups in total. The van der Waals surface area contributed by atoms with Gasteiger partial charge in [-0.15, -0.1) is 6.42 Å². The van der Waals surface area contributed by atoms with Crippen LogP contribution in [0.25, 0.3) is 0 Å². The highest BCUT2D eigenvalue weighted by molar-refractivity contribution is 6.01. The SMILES string of the molecule is C#CCN1CC(=O)N(COCc2ccccc2)C1=O. The fraction of sp³-hybridized carbons (Fsp3) is 0.286. The maximum Gasteiger partial charge on any atom is 0.329 e. The number of urea groups is 1. The second kappa shape index (κ2) is 6.03. The predicted octanol–water partition coefficient (Wildman–Crippen LogP) is 1.06. The number of nitrogens with zero attached hydrogens (tertiary/aromatic N) is 2. The van der Waals surface area contributed by atoms with Crippen molar-refractivity contribution in [3.8, 4) is 12.3 Å². The van der Waals surface area contributed by atoms with E-state index in [9.17, 15) is 9.59 Å². The number of terminal acetylenes is 1. The van der Waals surface area contributed by atoms with Crippen molar-refractivity contribution in [2.24, 2.45) is 0 Å². The molecule has 1 saturated heterocycles. The van der Waals surface area contributed by atoms with Crippen molar-refractivity contribution in [3.63, 3.8) is 0 Å². The van der Waals surface area contributed by atoms with E-state index in [1.807, 2.05) is 30.3 Å². The van der Waals surface area contributed by atoms with Gasteiger partial charge in [-0.3, -0.25) is 4.79 Å². The van der Waals surface area contributed by atoms with Gasteiger partial charge in [-0.1, -0.05) is 36.3 Å². The number of hydrogen-bond acceptors (Lipinski definition) is 3. The predicted molar refractivity (Wildman–Crippen MR) is 68.7 cm³/mol. The lowest BCUT2D eigenvalue weighted by atomic mass is 10.2. The summed E-state index contributed by atoms with van der Waals surface area (Å²) in [6.45, 7) is 0.470. The van der Waals surface area contributed by atoms with Crippen molar-refractivity contribution in [2.45, 2.75) is 6.61 Å². The van der Waals surface area contributed by atoms with Gasteiger partial charge < -0.3 is 9.64 Å². The molecule has 1 heterocycles. The molecule has 1 aromatic carbocycles. The first-order valence-corrected chi connectivity index (χ1v) is 5.87. The quantitative estimate of drug-likeness (QED) is 0.586. The van der Waals surface area contributed by atoms with E-state index < -0.39 is 6.03 Å². The molecule has 5 nitrogen and oxygen atoms in total. The van der Waals surface area contributed by atoms with Crippen LogP contribution >= 0.6 is 0 Å². The van der Waals surface area contributed by atoms with E-state index in [2.05, 4.69) is 5.92 Å². The van der Waals surface area contributed by atoms with Crippen LogP contribution in [0.3, 0.4) is 0 Å². The molecule has 98 valence electrons. The second-order valence-corrected chi connectivity index (χ2v) is 4.13. The van der Waals surface area contributed by atoms with Crippen LogP contribution in [0.2, 0.25) is 0 Å². The standard InChI is InChI=1S/C14H14N2O3/c1-2-8-15-9-13(17)16(14(15)18)11-19-10-12-6-4-3-5-7-12/h1,3-7H,8-11H2. The van der Waals surface area contributed by atoms with Crippen LogP contribution in [0.4, 0.5) is 4.79 Å². The summed E-state index contributed by atoms with van der Waals surface area (Å²) in [5.41, 5.74) is 0.988. The third-order valence-electron chi connectivity index (χ3n) is 2.74. The monoisotopic (exact) mass is 258 g/mol. The van der Waals surface area contributed by atoms with Crippen molar-refractivity contribution in [3.05, 3.63) is 35.9 Å². The zero-order chi connectivity index (χ0) is 13.7. The van der Waals surface area contributed by atoms with Gasteiger partial charge >= 0.3 is 6.03 Å². The van der Waals surface area contributed by atoms with E-state index in [0.717, 1.165) is 10.5 Å². The van der Waals surface area contributed by atoms with Crippen LogP contribution < -0.4 is 0 Å². The lowest BCUT2D eigenvalue weighted by Gasteiger charge is -2.15. The first-order chi connectivity index (χ1) is 9.22. The Morgan fingerprint density at radius 1 is 1.26 bits per heavy atom. The number of benzene rings is 1. The number of hydrogen-bond donors (Lipinski definition) is 0. The average molecular weight is 258 g/mol. The van der Waals surface area contributed by atoms with Gasteiger partial charge in [-0.2, -0.15) is 0 Å². The summed E-state index contributed by atoms with van der Waals surface area (Å²) in [6, 6.07) is 9.15. The maximum atomic E-state index is 11.8. The summed E-state index contributed by atoms with van der Waals surface area (Å²) < 4.78 is 5.38. The molecule has 3 amide bonds. The normalized spacial score (nSPS) is 14.9. The Balaban J connectivity index is 1.85. The molecule has 0 saturated carbocycles. The zero-order valence-corrected chi connectivity index (χ0v) is 10.4. The van der Waals surface area contributed by atoms with Gasteiger partial charge in [0, 0.05) is 0 Å². The first-order valence-electron chi connectivity index (χ1n) is 5.87. The molecule has 2 rings (SSSR count). The topological polar surface area (TPSA) is 49.9 Å². The number of carbonyl (C=O) groups is 2. The number of amides is 3. The molecular formula is C14H14N2O3. The Bertz CT molecular complexity index is 507. The van der Waals surface area contributed by atoms with Crippen LogP contribution in [0.5, 0.6) is 0 Å². The van der Waals surface area contributed by atoms with E-state index in [1.54, 1.807) is 0 Å². The summed E-state index contributed by atoms with van der Waals surface area (Å²) in [5, 5.41) is 0. The molecule has 0 aromatic heterocycles. The second-order valence-electron chi connectivity index (χ2n) is 4.13. The number of carbonyl (C=O) groups excluding carboxylic acids is 2. The largest absolute Gasteiger partial charge is 0.356 e. The minimum absolute atomic E-state index is 0.0255. The van der Waals surface area contributed by atoms with Crippen LogP contribution in [-0.2, 0) is 16.1 Å². The van der Waals surface area contributed by atoms with Gasteiger partial charge in [0.05, 0.1) is 13.2 Å². The lowest BCUT2D eigenvalue weighted by Crippen LogP contribution is -2.34. The Kier molecular flexibility index (Phi) is 4.16. The Hall–Kier alpha value is -2.32. The third kappa shape index (κ3) is 3.12. The van der Waals surface area contributed by atoms with Crippen LogP contribution in [0.15, 0.2) is 30.3 Å². The summed E-state index contributed by atoms with van der Waals surface area (Å²) in [5.74, 6) is 2.06. The highest BCUT2D eigenvalue weighted by Gasteiger charge is 2.35. The zero-order valence-electron chi connectivity index (χ0n) is 10.4. The third-order valence-corrected chi connectivity index (χ3v) is 2.74. The van der Waals surface area contributed by atoms with Gasteiger partial charge in [-0.05, 0) is 5.56 Å². The van der Waals surface area contributed by atoms with Crippen LogP contribution in [-0.4, -0.2) is 41.6 Å². The minimum Gasteiger partial charge on any atom is -0.356 e. The summed E-state index contributed by atoms with van der Waals surface area (Å²) in [7, 11) is 0. The van der Waals surface area contributed by atoms with E-state index in [-0.39, 0.29) is 25.7 Å². The van der Waals surface area contributed by atoms with Crippen molar-refractivity contribution >= 4 is 11.9 Å². The Labute approximate surface area is 111 Å². The molecule has 0 atom stereocenters. The average Bonchev–Trinajstić information content (AvgIpc) is 2.68. The van der Waals surface area contributed by atoms with E-state index in [1.165, 1.54) is 4.90 Å². The Morgan fingerprint density at radius 3 is 2.68 bits per heavy atom. The molecule has 1 fully saturated rings. The lowest BCUT2D eigenvalue weighted by molar-refractivity contribution is -0.129. The Morgan fingerprint density at radius 2 is 2.00 bits per heavy atom. The minimum atomic E-state index is -0.393. The van der Waals surface area contributed by atoms with E-state index >= 15 is 0 Å². The summed E-state index contributed by atoms with van der Waals surface area (Å²) in [4.78, 5) is 25.8. The van der Waals surface area contributed by atoms with E-state index in [4.69, 9.17) is 11.2 Å². The van der Waals surface area contributed by atoms with Gasteiger partial charge in [-0.25, -0.2) is 9.69 Å². The smallest absolute Gasteiger partial charge is 0.329 e. The molecule has 0 spiro atoms. The number of imide groups is 1. The van der Waals surface area contributed by atoms with Gasteiger partial charge in [0.2, 0.25) is 0 Å². The van der Waals surface area contributed by atoms with Gasteiger partial charge in [0.25, 0.3) is 5.91 Å². The molecule has 5 heteroatoms. The highest BCUT2D eigenvalue weighted by Crippen LogP contribution is 2.10. The van der Waals surface area contributed by atoms with Crippen LogP contribution in [0.1, 0.15) is 5.56 Å². The first kappa shape index (κ1) is 13.1. The van der Waals surface area contributed by atoms with Crippen molar-refractivity contribution < 1.29 is 14.3 Å². The van der Waals surface area contributed by atoms with Crippen molar-refractivity contribution in [2.75, 3.05) is 19.8 Å². The van der Waals surface area contributed by atoms with Crippen LogP contribution in [0, 0.1) is 12.3 Å². The van der Waals surface area contributed by atoms with Crippen molar-refractivity contribution in [1.82, 2.24) is 9.80 Å². The van der Waals surface area contributed by atoms with Gasteiger partial charge in [0.1, 0.15) is 13.3 Å². The maximum absolute atomic E-state index is 11.8. The van der Waals surface area contributed by atoms with Crippen molar-refractivity contribution in [1.29, 1.82) is 0 Å². The molecule has 1 aromatic rings. The van der Waals surface area contributed by atoms with Gasteiger partial charge in [0.15, 0.2) is 0 Å². The highest BCUT2D eigenvalue weighted by atomic mass is 16.5.